The minimum Gasteiger partial charge on any atom is -0.480 e. The van der Waals surface area contributed by atoms with E-state index >= 15 is 0 Å². The van der Waals surface area contributed by atoms with Crippen LogP contribution in [0.4, 0.5) is 0 Å². The molecule has 0 saturated heterocycles. The van der Waals surface area contributed by atoms with Gasteiger partial charge in [-0.05, 0) is 55.5 Å². The number of aliphatic carboxylic acids is 1. The molecule has 30 heavy (non-hydrogen) atoms. The number of nitrogens with one attached hydrogen (secondary N) is 1. The highest BCUT2D eigenvalue weighted by Crippen LogP contribution is 2.05. The van der Waals surface area contributed by atoms with Gasteiger partial charge in [0.2, 0.25) is 0 Å². The summed E-state index contributed by atoms with van der Waals surface area (Å²) >= 11 is 0. The second-order valence-corrected chi connectivity index (χ2v) is 7.55. The van der Waals surface area contributed by atoms with E-state index < -0.39 is 12.0 Å². The normalized spacial score (nSPS) is 11.9. The summed E-state index contributed by atoms with van der Waals surface area (Å²) < 4.78 is 2.23. The van der Waals surface area contributed by atoms with Crippen molar-refractivity contribution < 1.29 is 14.5 Å². The van der Waals surface area contributed by atoms with Gasteiger partial charge in [0.25, 0.3) is 0 Å². The molecule has 0 aliphatic carbocycles. The number of carboxylic acids is 1. The Morgan fingerprint density at radius 3 is 2.50 bits per heavy atom. The van der Waals surface area contributed by atoms with Crippen LogP contribution in [0.25, 0.3) is 0 Å². The molecular weight excluding hydrogens is 374 g/mol. The molecule has 0 radical (unpaired) electrons. The van der Waals surface area contributed by atoms with Crippen molar-refractivity contribution in [2.24, 2.45) is 0 Å². The Hall–Kier alpha value is -3.05. The molecule has 0 spiro atoms. The van der Waals surface area contributed by atoms with Crippen LogP contribution in [0.1, 0.15) is 29.5 Å². The van der Waals surface area contributed by atoms with Gasteiger partial charge in [0.1, 0.15) is 12.6 Å². The number of hydrogen-bond acceptors (Lipinski definition) is 3. The Morgan fingerprint density at radius 1 is 0.967 bits per heavy atom. The fraction of sp³-hybridized carbons (Fsp3) is 0.320. The summed E-state index contributed by atoms with van der Waals surface area (Å²) in [6.45, 7) is 1.65. The molecule has 2 N–H and O–H groups in total. The molecule has 5 nitrogen and oxygen atoms in total. The van der Waals surface area contributed by atoms with Crippen LogP contribution >= 0.6 is 0 Å². The molecule has 0 bridgehead atoms. The van der Waals surface area contributed by atoms with Crippen LogP contribution in [0.2, 0.25) is 0 Å². The van der Waals surface area contributed by atoms with Crippen molar-refractivity contribution >= 4 is 5.97 Å². The van der Waals surface area contributed by atoms with Gasteiger partial charge in [-0.1, -0.05) is 36.4 Å². The summed E-state index contributed by atoms with van der Waals surface area (Å²) in [5.74, 6) is -0.801. The molecule has 1 atom stereocenters. The predicted molar refractivity (Wildman–Crippen MR) is 117 cm³/mol. The Labute approximate surface area is 178 Å². The number of aryl methyl sites for hydroxylation is 3. The molecule has 3 rings (SSSR count). The van der Waals surface area contributed by atoms with E-state index in [2.05, 4.69) is 45.5 Å². The molecule has 1 unspecified atom stereocenters. The molecule has 2 aromatic heterocycles. The van der Waals surface area contributed by atoms with Gasteiger partial charge in [-0.25, -0.2) is 4.57 Å². The van der Waals surface area contributed by atoms with E-state index in [4.69, 9.17) is 0 Å². The first-order valence-electron chi connectivity index (χ1n) is 10.6. The summed E-state index contributed by atoms with van der Waals surface area (Å²) in [7, 11) is 0. The maximum Gasteiger partial charge on any atom is 0.321 e. The quantitative estimate of drug-likeness (QED) is 0.359. The van der Waals surface area contributed by atoms with E-state index in [0.717, 1.165) is 37.8 Å². The standard InChI is InChI=1S/C25H29N3O2/c29-25(30)24(18-21-8-2-1-3-9-21)27-15-5-11-23-13-7-17-28(20-23)16-6-12-22-10-4-14-26-19-22/h1-4,7-10,13-14,17,19-20,24,27H,5-6,11-12,15-16,18H2/p+1. The van der Waals surface area contributed by atoms with Gasteiger partial charge in [-0.3, -0.25) is 9.78 Å². The van der Waals surface area contributed by atoms with Crippen molar-refractivity contribution in [3.05, 3.63) is 96.1 Å². The summed E-state index contributed by atoms with van der Waals surface area (Å²) in [5, 5.41) is 12.7. The molecule has 0 aliphatic heterocycles. The maximum atomic E-state index is 11.5. The fourth-order valence-electron chi connectivity index (χ4n) is 3.54. The summed E-state index contributed by atoms with van der Waals surface area (Å²) in [5.41, 5.74) is 3.58. The molecule has 0 fully saturated rings. The lowest BCUT2D eigenvalue weighted by Gasteiger charge is -2.14. The van der Waals surface area contributed by atoms with E-state index in [9.17, 15) is 9.90 Å². The van der Waals surface area contributed by atoms with E-state index in [1.54, 1.807) is 6.20 Å². The molecule has 1 aromatic carbocycles. The highest BCUT2D eigenvalue weighted by atomic mass is 16.4. The molecule has 3 aromatic rings. The van der Waals surface area contributed by atoms with Crippen LogP contribution in [-0.4, -0.2) is 28.6 Å². The number of aromatic nitrogens is 2. The zero-order valence-corrected chi connectivity index (χ0v) is 17.3. The average molecular weight is 405 g/mol. The van der Waals surface area contributed by atoms with E-state index in [-0.39, 0.29) is 0 Å². The van der Waals surface area contributed by atoms with Gasteiger partial charge < -0.3 is 10.4 Å². The zero-order chi connectivity index (χ0) is 21.0. The van der Waals surface area contributed by atoms with E-state index in [1.165, 1.54) is 11.1 Å². The van der Waals surface area contributed by atoms with Crippen molar-refractivity contribution in [2.45, 2.75) is 44.7 Å². The van der Waals surface area contributed by atoms with Crippen LogP contribution in [-0.2, 0) is 30.6 Å². The van der Waals surface area contributed by atoms with Crippen molar-refractivity contribution in [1.29, 1.82) is 0 Å². The smallest absolute Gasteiger partial charge is 0.321 e. The minimum absolute atomic E-state index is 0.498. The molecule has 5 heteroatoms. The second-order valence-electron chi connectivity index (χ2n) is 7.55. The average Bonchev–Trinajstić information content (AvgIpc) is 2.77. The third-order valence-electron chi connectivity index (χ3n) is 5.14. The highest BCUT2D eigenvalue weighted by molar-refractivity contribution is 5.73. The third-order valence-corrected chi connectivity index (χ3v) is 5.14. The van der Waals surface area contributed by atoms with E-state index in [0.29, 0.717) is 13.0 Å². The first kappa shape index (κ1) is 21.7. The van der Waals surface area contributed by atoms with Crippen LogP contribution < -0.4 is 9.88 Å². The Morgan fingerprint density at radius 2 is 1.73 bits per heavy atom. The van der Waals surface area contributed by atoms with Crippen molar-refractivity contribution in [2.75, 3.05) is 6.54 Å². The number of nitrogens with zero attached hydrogens (tertiary/aromatic N) is 2. The van der Waals surface area contributed by atoms with Gasteiger partial charge in [0, 0.05) is 30.4 Å². The largest absolute Gasteiger partial charge is 0.480 e. The highest BCUT2D eigenvalue weighted by Gasteiger charge is 2.16. The van der Waals surface area contributed by atoms with Gasteiger partial charge in [-0.2, -0.15) is 0 Å². The second kappa shape index (κ2) is 11.8. The number of benzene rings is 1. The van der Waals surface area contributed by atoms with E-state index in [1.807, 2.05) is 42.6 Å². The van der Waals surface area contributed by atoms with Crippen molar-refractivity contribution in [1.82, 2.24) is 10.3 Å². The molecule has 156 valence electrons. The van der Waals surface area contributed by atoms with Crippen molar-refractivity contribution in [3.63, 3.8) is 0 Å². The molecule has 2 heterocycles. The fourth-order valence-corrected chi connectivity index (χ4v) is 3.54. The SMILES string of the molecule is O=C(O)C(Cc1ccccc1)NCCCc1ccc[n+](CCCc2cccnc2)c1. The molecular formula is C25H30N3O2+. The van der Waals surface area contributed by atoms with Crippen LogP contribution in [0.3, 0.4) is 0 Å². The van der Waals surface area contributed by atoms with Crippen molar-refractivity contribution in [3.8, 4) is 0 Å². The van der Waals surface area contributed by atoms with Crippen LogP contribution in [0.5, 0.6) is 0 Å². The number of carbonyl (C=O) groups is 1. The molecule has 0 saturated carbocycles. The van der Waals surface area contributed by atoms with Gasteiger partial charge in [0.15, 0.2) is 12.4 Å². The lowest BCUT2D eigenvalue weighted by atomic mass is 10.1. The predicted octanol–water partition coefficient (Wildman–Crippen LogP) is 3.22. The van der Waals surface area contributed by atoms with Gasteiger partial charge in [0.05, 0.1) is 0 Å². The van der Waals surface area contributed by atoms with Crippen LogP contribution in [0.15, 0.2) is 79.4 Å². The Bertz CT molecular complexity index is 901. The molecule has 0 aliphatic rings. The van der Waals surface area contributed by atoms with Gasteiger partial charge >= 0.3 is 5.97 Å². The number of rotatable bonds is 12. The summed E-state index contributed by atoms with van der Waals surface area (Å²) in [4.78, 5) is 15.7. The number of carboxylic acid groups (broad SMARTS) is 1. The maximum absolute atomic E-state index is 11.5. The molecule has 0 amide bonds. The third kappa shape index (κ3) is 7.41. The summed E-state index contributed by atoms with van der Waals surface area (Å²) in [6.07, 6.45) is 12.4. The summed E-state index contributed by atoms with van der Waals surface area (Å²) in [6, 6.07) is 17.5. The number of hydrogen-bond donors (Lipinski definition) is 2. The monoisotopic (exact) mass is 404 g/mol. The van der Waals surface area contributed by atoms with Crippen LogP contribution in [0, 0.1) is 0 Å². The topological polar surface area (TPSA) is 66.1 Å². The zero-order valence-electron chi connectivity index (χ0n) is 17.3. The first-order valence-corrected chi connectivity index (χ1v) is 10.6. The van der Waals surface area contributed by atoms with Gasteiger partial charge in [-0.15, -0.1) is 0 Å². The lowest BCUT2D eigenvalue weighted by molar-refractivity contribution is -0.697. The lowest BCUT2D eigenvalue weighted by Crippen LogP contribution is -2.39. The Balaban J connectivity index is 1.40. The number of pyridine rings is 2. The Kier molecular flexibility index (Phi) is 8.54. The first-order chi connectivity index (χ1) is 14.7. The minimum atomic E-state index is -0.801.